The van der Waals surface area contributed by atoms with Crippen molar-refractivity contribution in [3.05, 3.63) is 65.8 Å². The zero-order chi connectivity index (χ0) is 19.8. The van der Waals surface area contributed by atoms with Crippen molar-refractivity contribution in [2.75, 3.05) is 31.1 Å². The van der Waals surface area contributed by atoms with Crippen LogP contribution in [-0.4, -0.2) is 47.1 Å². The van der Waals surface area contributed by atoms with Crippen molar-refractivity contribution in [1.29, 1.82) is 0 Å². The van der Waals surface area contributed by atoms with E-state index >= 15 is 0 Å². The Balaban J connectivity index is 1.23. The molecule has 0 N–H and O–H groups in total. The molecule has 1 saturated heterocycles. The van der Waals surface area contributed by atoms with E-state index in [0.29, 0.717) is 55.1 Å². The lowest BCUT2D eigenvalue weighted by Gasteiger charge is -2.36. The van der Waals surface area contributed by atoms with Crippen LogP contribution in [0.5, 0.6) is 0 Å². The molecule has 2 fully saturated rings. The van der Waals surface area contributed by atoms with Gasteiger partial charge < -0.3 is 14.3 Å². The summed E-state index contributed by atoms with van der Waals surface area (Å²) in [5.41, 5.74) is 2.05. The van der Waals surface area contributed by atoms with Gasteiger partial charge in [-0.25, -0.2) is 4.39 Å². The molecule has 2 aliphatic rings. The SMILES string of the molecule is O=C(c1ccc(-c2noc(C3CC3)n2)cc1)N1CCN(c2ccccc2F)CC1. The molecule has 2 heterocycles. The van der Waals surface area contributed by atoms with Crippen LogP contribution >= 0.6 is 0 Å². The monoisotopic (exact) mass is 392 g/mol. The first-order chi connectivity index (χ1) is 14.2. The van der Waals surface area contributed by atoms with E-state index in [-0.39, 0.29) is 11.7 Å². The van der Waals surface area contributed by atoms with Crippen LogP contribution in [-0.2, 0) is 0 Å². The first-order valence-corrected chi connectivity index (χ1v) is 9.92. The summed E-state index contributed by atoms with van der Waals surface area (Å²) in [5.74, 6) is 1.43. The Morgan fingerprint density at radius 3 is 2.41 bits per heavy atom. The minimum atomic E-state index is -0.228. The van der Waals surface area contributed by atoms with Crippen LogP contribution in [0.2, 0.25) is 0 Å². The number of halogens is 1. The van der Waals surface area contributed by atoms with Gasteiger partial charge in [0.15, 0.2) is 0 Å². The molecule has 0 spiro atoms. The van der Waals surface area contributed by atoms with E-state index in [1.807, 2.05) is 28.0 Å². The number of benzene rings is 2. The highest BCUT2D eigenvalue weighted by molar-refractivity contribution is 5.94. The first-order valence-electron chi connectivity index (χ1n) is 9.92. The molecular weight excluding hydrogens is 371 g/mol. The Bertz CT molecular complexity index is 1020. The number of carbonyl (C=O) groups excluding carboxylic acids is 1. The second kappa shape index (κ2) is 7.31. The number of piperazine rings is 1. The van der Waals surface area contributed by atoms with Gasteiger partial charge in [0.05, 0.1) is 5.69 Å². The van der Waals surface area contributed by atoms with Crippen LogP contribution in [0.25, 0.3) is 11.4 Å². The predicted octanol–water partition coefficient (Wildman–Crippen LogP) is 3.72. The van der Waals surface area contributed by atoms with E-state index in [9.17, 15) is 9.18 Å². The number of aromatic nitrogens is 2. The molecule has 7 heteroatoms. The lowest BCUT2D eigenvalue weighted by atomic mass is 10.1. The molecule has 1 saturated carbocycles. The number of hydrogen-bond acceptors (Lipinski definition) is 5. The molecule has 1 aromatic heterocycles. The molecular formula is C22H21FN4O2. The average molecular weight is 392 g/mol. The standard InChI is InChI=1S/C22H21FN4O2/c23-18-3-1-2-4-19(18)26-11-13-27(14-12-26)22(28)17-9-5-15(6-10-17)20-24-21(29-25-20)16-7-8-16/h1-6,9-10,16H,7-8,11-14H2. The maximum absolute atomic E-state index is 14.0. The molecule has 0 atom stereocenters. The van der Waals surface area contributed by atoms with Crippen molar-refractivity contribution in [2.24, 2.45) is 0 Å². The van der Waals surface area contributed by atoms with Crippen molar-refractivity contribution in [2.45, 2.75) is 18.8 Å². The highest BCUT2D eigenvalue weighted by Crippen LogP contribution is 2.39. The fourth-order valence-corrected chi connectivity index (χ4v) is 3.65. The summed E-state index contributed by atoms with van der Waals surface area (Å²) in [7, 11) is 0. The Hall–Kier alpha value is -3.22. The minimum Gasteiger partial charge on any atom is -0.366 e. The van der Waals surface area contributed by atoms with Gasteiger partial charge in [-0.3, -0.25) is 4.79 Å². The zero-order valence-electron chi connectivity index (χ0n) is 15.9. The lowest BCUT2D eigenvalue weighted by Crippen LogP contribution is -2.49. The number of nitrogens with zero attached hydrogens (tertiary/aromatic N) is 4. The van der Waals surface area contributed by atoms with E-state index < -0.39 is 0 Å². The molecule has 0 unspecified atom stereocenters. The summed E-state index contributed by atoms with van der Waals surface area (Å²) in [6.45, 7) is 2.34. The van der Waals surface area contributed by atoms with Gasteiger partial charge in [-0.2, -0.15) is 4.98 Å². The van der Waals surface area contributed by atoms with Gasteiger partial charge in [-0.15, -0.1) is 0 Å². The molecule has 1 aliphatic carbocycles. The molecule has 0 radical (unpaired) electrons. The third-order valence-corrected chi connectivity index (χ3v) is 5.52. The Morgan fingerprint density at radius 2 is 1.72 bits per heavy atom. The average Bonchev–Trinajstić information content (AvgIpc) is 3.50. The molecule has 29 heavy (non-hydrogen) atoms. The molecule has 1 amide bonds. The summed E-state index contributed by atoms with van der Waals surface area (Å²) < 4.78 is 19.3. The van der Waals surface area contributed by atoms with Gasteiger partial charge in [0.25, 0.3) is 5.91 Å². The topological polar surface area (TPSA) is 62.5 Å². The summed E-state index contributed by atoms with van der Waals surface area (Å²) >= 11 is 0. The van der Waals surface area contributed by atoms with Gasteiger partial charge in [0.1, 0.15) is 5.82 Å². The molecule has 5 rings (SSSR count). The van der Waals surface area contributed by atoms with E-state index in [1.165, 1.54) is 6.07 Å². The van der Waals surface area contributed by atoms with E-state index in [4.69, 9.17) is 4.52 Å². The molecule has 0 bridgehead atoms. The Labute approximate surface area is 167 Å². The van der Waals surface area contributed by atoms with Crippen LogP contribution in [0.1, 0.15) is 35.0 Å². The summed E-state index contributed by atoms with van der Waals surface area (Å²) in [5, 5.41) is 4.04. The molecule has 6 nitrogen and oxygen atoms in total. The highest BCUT2D eigenvalue weighted by Gasteiger charge is 2.30. The van der Waals surface area contributed by atoms with Crippen LogP contribution in [0.4, 0.5) is 10.1 Å². The normalized spacial score (nSPS) is 16.9. The number of hydrogen-bond donors (Lipinski definition) is 0. The smallest absolute Gasteiger partial charge is 0.253 e. The second-order valence-electron chi connectivity index (χ2n) is 7.54. The maximum Gasteiger partial charge on any atom is 0.253 e. The van der Waals surface area contributed by atoms with Crippen LogP contribution < -0.4 is 4.90 Å². The van der Waals surface area contributed by atoms with E-state index in [0.717, 1.165) is 18.4 Å². The molecule has 3 aromatic rings. The van der Waals surface area contributed by atoms with Gasteiger partial charge in [0.2, 0.25) is 11.7 Å². The fraction of sp³-hybridized carbons (Fsp3) is 0.318. The number of anilines is 1. The van der Waals surface area contributed by atoms with Crippen LogP contribution in [0, 0.1) is 5.82 Å². The van der Waals surface area contributed by atoms with Gasteiger partial charge >= 0.3 is 0 Å². The summed E-state index contributed by atoms with van der Waals surface area (Å²) in [6.07, 6.45) is 2.22. The van der Waals surface area contributed by atoms with Crippen molar-refractivity contribution in [3.8, 4) is 11.4 Å². The number of para-hydroxylation sites is 1. The van der Waals surface area contributed by atoms with Crippen molar-refractivity contribution in [1.82, 2.24) is 15.0 Å². The van der Waals surface area contributed by atoms with E-state index in [1.54, 1.807) is 24.3 Å². The van der Waals surface area contributed by atoms with Gasteiger partial charge in [-0.05, 0) is 37.1 Å². The van der Waals surface area contributed by atoms with Crippen LogP contribution in [0.3, 0.4) is 0 Å². The second-order valence-corrected chi connectivity index (χ2v) is 7.54. The predicted molar refractivity (Wildman–Crippen MR) is 106 cm³/mol. The van der Waals surface area contributed by atoms with Crippen LogP contribution in [0.15, 0.2) is 53.1 Å². The minimum absolute atomic E-state index is 0.0171. The van der Waals surface area contributed by atoms with Crippen molar-refractivity contribution in [3.63, 3.8) is 0 Å². The van der Waals surface area contributed by atoms with Crippen molar-refractivity contribution < 1.29 is 13.7 Å². The number of amides is 1. The number of carbonyl (C=O) groups is 1. The maximum atomic E-state index is 14.0. The third-order valence-electron chi connectivity index (χ3n) is 5.52. The Morgan fingerprint density at radius 1 is 1.00 bits per heavy atom. The number of rotatable bonds is 4. The summed E-state index contributed by atoms with van der Waals surface area (Å²) in [6, 6.07) is 14.1. The zero-order valence-corrected chi connectivity index (χ0v) is 15.9. The Kier molecular flexibility index (Phi) is 4.50. The lowest BCUT2D eigenvalue weighted by molar-refractivity contribution is 0.0746. The largest absolute Gasteiger partial charge is 0.366 e. The fourth-order valence-electron chi connectivity index (χ4n) is 3.65. The third kappa shape index (κ3) is 3.60. The molecule has 2 aromatic carbocycles. The van der Waals surface area contributed by atoms with Crippen molar-refractivity contribution >= 4 is 11.6 Å². The summed E-state index contributed by atoms with van der Waals surface area (Å²) in [4.78, 5) is 21.1. The molecule has 1 aliphatic heterocycles. The first kappa shape index (κ1) is 17.8. The van der Waals surface area contributed by atoms with Gasteiger partial charge in [0, 0.05) is 43.2 Å². The highest BCUT2D eigenvalue weighted by atomic mass is 19.1. The quantitative estimate of drug-likeness (QED) is 0.677. The van der Waals surface area contributed by atoms with E-state index in [2.05, 4.69) is 10.1 Å². The molecule has 148 valence electrons. The van der Waals surface area contributed by atoms with Gasteiger partial charge in [-0.1, -0.05) is 29.4 Å².